The Kier molecular flexibility index (Phi) is 6.14. The third-order valence-electron chi connectivity index (χ3n) is 9.94. The maximum absolute atomic E-state index is 3.16. The van der Waals surface area contributed by atoms with Crippen LogP contribution in [0.1, 0.15) is 92.9 Å². The van der Waals surface area contributed by atoms with Crippen LogP contribution >= 0.6 is 0 Å². The van der Waals surface area contributed by atoms with Crippen molar-refractivity contribution >= 4 is 0 Å². The Morgan fingerprint density at radius 1 is 0.828 bits per heavy atom. The maximum Gasteiger partial charge on any atom is 0.357 e. The summed E-state index contributed by atoms with van der Waals surface area (Å²) in [7, 11) is 0. The molecule has 29 heavy (non-hydrogen) atoms. The summed E-state index contributed by atoms with van der Waals surface area (Å²) in [6.07, 6.45) is 11.0. The molecule has 4 nitrogen and oxygen atoms in total. The predicted molar refractivity (Wildman–Crippen MR) is 122 cm³/mol. The zero-order valence-electron chi connectivity index (χ0n) is 20.5. The molecule has 0 bridgehead atoms. The minimum Gasteiger partial charge on any atom is -0.241 e. The number of rotatable bonds is 6. The molecule has 4 heterocycles. The van der Waals surface area contributed by atoms with Crippen LogP contribution in [0.15, 0.2) is 0 Å². The quantitative estimate of drug-likeness (QED) is 0.595. The van der Waals surface area contributed by atoms with Crippen molar-refractivity contribution in [3.8, 4) is 0 Å². The van der Waals surface area contributed by atoms with Gasteiger partial charge in [-0.2, -0.15) is 9.80 Å². The average Bonchev–Trinajstić information content (AvgIpc) is 3.51. The van der Waals surface area contributed by atoms with E-state index in [0.29, 0.717) is 12.1 Å². The molecule has 0 aromatic heterocycles. The third kappa shape index (κ3) is 2.71. The first kappa shape index (κ1) is 22.0. The van der Waals surface area contributed by atoms with Crippen molar-refractivity contribution in [1.29, 1.82) is 0 Å². The Balaban J connectivity index is 1.99. The van der Waals surface area contributed by atoms with Crippen molar-refractivity contribution in [3.63, 3.8) is 0 Å². The lowest BCUT2D eigenvalue weighted by Gasteiger charge is -2.59. The fourth-order valence-corrected chi connectivity index (χ4v) is 8.52. The molecule has 0 aromatic carbocycles. The van der Waals surface area contributed by atoms with Gasteiger partial charge in [0.1, 0.15) is 12.6 Å². The summed E-state index contributed by atoms with van der Waals surface area (Å²) in [6, 6.07) is 2.93. The largest absolute Gasteiger partial charge is 0.357 e. The maximum atomic E-state index is 3.16. The Morgan fingerprint density at radius 2 is 1.41 bits per heavy atom. The first-order valence-corrected chi connectivity index (χ1v) is 13.3. The summed E-state index contributed by atoms with van der Waals surface area (Å²) in [4.78, 5) is 6.27. The molecule has 0 radical (unpaired) electrons. The van der Waals surface area contributed by atoms with Gasteiger partial charge < -0.3 is 0 Å². The van der Waals surface area contributed by atoms with Crippen LogP contribution in [0.25, 0.3) is 0 Å². The second-order valence-corrected chi connectivity index (χ2v) is 11.0. The van der Waals surface area contributed by atoms with E-state index >= 15 is 0 Å². The second-order valence-electron chi connectivity index (χ2n) is 11.0. The van der Waals surface area contributed by atoms with Crippen LogP contribution in [-0.4, -0.2) is 88.1 Å². The van der Waals surface area contributed by atoms with Crippen LogP contribution in [-0.2, 0) is 0 Å². The van der Waals surface area contributed by atoms with E-state index in [1.54, 1.807) is 0 Å². The fraction of sp³-hybridized carbons (Fsp3) is 1.00. The molecule has 4 heteroatoms. The Labute approximate surface area is 181 Å². The van der Waals surface area contributed by atoms with Crippen molar-refractivity contribution in [1.82, 2.24) is 9.80 Å². The molecule has 0 aliphatic carbocycles. The van der Waals surface area contributed by atoms with Crippen molar-refractivity contribution in [2.75, 3.05) is 39.3 Å². The molecule has 0 aromatic rings. The van der Waals surface area contributed by atoms with Gasteiger partial charge in [-0.25, -0.2) is 8.97 Å². The van der Waals surface area contributed by atoms with E-state index in [1.165, 1.54) is 99.6 Å². The Bertz CT molecular complexity index is 565. The topological polar surface area (TPSA) is 6.48 Å². The SMILES string of the molecule is CCC(C)N1CC(CC)[N+]2(CCCC2)C12N(C(C)CC)C(CC)C[N+]21CCCC1. The lowest BCUT2D eigenvalue weighted by atomic mass is 10.1. The van der Waals surface area contributed by atoms with E-state index in [1.807, 2.05) is 0 Å². The third-order valence-corrected chi connectivity index (χ3v) is 9.94. The summed E-state index contributed by atoms with van der Waals surface area (Å²) < 4.78 is 2.81. The molecular formula is C25H50N4+2. The monoisotopic (exact) mass is 406 g/mol. The van der Waals surface area contributed by atoms with Gasteiger partial charge in [0.2, 0.25) is 0 Å². The summed E-state index contributed by atoms with van der Waals surface area (Å²) in [6.45, 7) is 23.4. The Morgan fingerprint density at radius 3 is 1.93 bits per heavy atom. The van der Waals surface area contributed by atoms with Crippen LogP contribution < -0.4 is 0 Å². The van der Waals surface area contributed by atoms with Gasteiger partial charge in [0.25, 0.3) is 0 Å². The van der Waals surface area contributed by atoms with Gasteiger partial charge >= 0.3 is 5.91 Å². The first-order chi connectivity index (χ1) is 14.0. The van der Waals surface area contributed by atoms with Crippen LogP contribution in [0.5, 0.6) is 0 Å². The Hall–Kier alpha value is -0.160. The zero-order valence-corrected chi connectivity index (χ0v) is 20.5. The fourth-order valence-electron chi connectivity index (χ4n) is 8.52. The predicted octanol–water partition coefficient (Wildman–Crippen LogP) is 4.60. The van der Waals surface area contributed by atoms with Gasteiger partial charge in [0, 0.05) is 37.8 Å². The van der Waals surface area contributed by atoms with Crippen molar-refractivity contribution in [2.24, 2.45) is 0 Å². The van der Waals surface area contributed by atoms with Crippen LogP contribution in [0, 0.1) is 0 Å². The standard InChI is InChI=1S/C25H50N4/c1-7-21(5)26-19-24(10-4)29(17-13-14-18-29)25(26)27(22(6)8-2)23(9-3)20-28(25)15-11-12-16-28/h21-24H,7-20H2,1-6H3/q+2. The highest BCUT2D eigenvalue weighted by Gasteiger charge is 2.82. The molecule has 4 aliphatic rings. The van der Waals surface area contributed by atoms with Gasteiger partial charge in [0.05, 0.1) is 38.8 Å². The average molecular weight is 407 g/mol. The lowest BCUT2D eigenvalue weighted by molar-refractivity contribution is -1.17. The highest BCUT2D eigenvalue weighted by atomic mass is 15.9. The van der Waals surface area contributed by atoms with Gasteiger partial charge in [-0.3, -0.25) is 0 Å². The van der Waals surface area contributed by atoms with Crippen LogP contribution in [0.2, 0.25) is 0 Å². The summed E-state index contributed by atoms with van der Waals surface area (Å²) >= 11 is 0. The van der Waals surface area contributed by atoms with Crippen LogP contribution in [0.3, 0.4) is 0 Å². The molecule has 4 saturated heterocycles. The molecule has 0 amide bonds. The zero-order chi connectivity index (χ0) is 20.9. The molecule has 0 saturated carbocycles. The number of hydrogen-bond donors (Lipinski definition) is 0. The summed E-state index contributed by atoms with van der Waals surface area (Å²) in [5.41, 5.74) is 0. The molecule has 5 unspecified atom stereocenters. The number of hydrogen-bond acceptors (Lipinski definition) is 2. The minimum atomic E-state index is 0.208. The van der Waals surface area contributed by atoms with E-state index < -0.39 is 0 Å². The van der Waals surface area contributed by atoms with Gasteiger partial charge in [-0.15, -0.1) is 0 Å². The van der Waals surface area contributed by atoms with Gasteiger partial charge in [-0.05, 0) is 39.5 Å². The molecule has 5 atom stereocenters. The molecule has 3 spiro atoms. The molecule has 4 aliphatic heterocycles. The van der Waals surface area contributed by atoms with Gasteiger partial charge in [-0.1, -0.05) is 27.7 Å². The number of nitrogens with zero attached hydrogens (tertiary/aromatic N) is 4. The molecule has 0 N–H and O–H groups in total. The second kappa shape index (κ2) is 8.07. The van der Waals surface area contributed by atoms with E-state index in [9.17, 15) is 0 Å². The van der Waals surface area contributed by atoms with Crippen LogP contribution in [0.4, 0.5) is 0 Å². The van der Waals surface area contributed by atoms with Crippen molar-refractivity contribution in [3.05, 3.63) is 0 Å². The van der Waals surface area contributed by atoms with Crippen molar-refractivity contribution in [2.45, 2.75) is 123 Å². The van der Waals surface area contributed by atoms with Crippen molar-refractivity contribution < 1.29 is 8.97 Å². The highest BCUT2D eigenvalue weighted by molar-refractivity contribution is 4.99. The van der Waals surface area contributed by atoms with Gasteiger partial charge in [0.15, 0.2) is 0 Å². The molecular weight excluding hydrogens is 356 g/mol. The molecule has 4 fully saturated rings. The smallest absolute Gasteiger partial charge is 0.241 e. The van der Waals surface area contributed by atoms with E-state index in [0.717, 1.165) is 12.1 Å². The normalized spacial score (nSPS) is 38.7. The summed E-state index contributed by atoms with van der Waals surface area (Å²) in [5.74, 6) is 0.208. The molecule has 4 rings (SSSR count). The van der Waals surface area contributed by atoms with E-state index in [2.05, 4.69) is 51.3 Å². The van der Waals surface area contributed by atoms with E-state index in [-0.39, 0.29) is 5.91 Å². The lowest BCUT2D eigenvalue weighted by Crippen LogP contribution is -2.84. The number of fused-ring (bicyclic) bond motifs is 2. The summed E-state index contributed by atoms with van der Waals surface area (Å²) in [5, 5.41) is 0. The highest BCUT2D eigenvalue weighted by Crippen LogP contribution is 2.58. The first-order valence-electron chi connectivity index (χ1n) is 13.3. The number of quaternary nitrogens is 2. The molecule has 168 valence electrons. The van der Waals surface area contributed by atoms with E-state index in [4.69, 9.17) is 0 Å². The minimum absolute atomic E-state index is 0.208.